The van der Waals surface area contributed by atoms with E-state index in [1.165, 1.54) is 6.42 Å². The lowest BCUT2D eigenvalue weighted by molar-refractivity contribution is 0.0599. The van der Waals surface area contributed by atoms with Gasteiger partial charge in [-0.05, 0) is 59.8 Å². The van der Waals surface area contributed by atoms with Gasteiger partial charge < -0.3 is 4.90 Å². The quantitative estimate of drug-likeness (QED) is 0.712. The Morgan fingerprint density at radius 2 is 2.16 bits per heavy atom. The zero-order valence-electron chi connectivity index (χ0n) is 11.2. The van der Waals surface area contributed by atoms with E-state index in [1.54, 1.807) is 0 Å². The van der Waals surface area contributed by atoms with Gasteiger partial charge in [0.1, 0.15) is 0 Å². The number of amides is 1. The number of likely N-dealkylation sites (tertiary alicyclic amines) is 1. The minimum Gasteiger partial charge on any atom is -0.336 e. The zero-order chi connectivity index (χ0) is 13.8. The lowest BCUT2D eigenvalue weighted by atomic mass is 9.97. The van der Waals surface area contributed by atoms with Crippen molar-refractivity contribution in [3.05, 3.63) is 32.7 Å². The van der Waals surface area contributed by atoms with Crippen LogP contribution in [0.4, 0.5) is 0 Å². The summed E-state index contributed by atoms with van der Waals surface area (Å²) in [4.78, 5) is 14.8. The molecule has 2 nitrogen and oxygen atoms in total. The molecule has 4 heteroatoms. The Kier molecular flexibility index (Phi) is 5.46. The molecule has 104 valence electrons. The average molecular weight is 389 g/mol. The minimum absolute atomic E-state index is 0.159. The van der Waals surface area contributed by atoms with Crippen molar-refractivity contribution in [2.45, 2.75) is 45.1 Å². The number of hydrogen-bond donors (Lipinski definition) is 0. The van der Waals surface area contributed by atoms with E-state index in [0.29, 0.717) is 6.04 Å². The van der Waals surface area contributed by atoms with E-state index in [2.05, 4.69) is 43.7 Å². The van der Waals surface area contributed by atoms with Gasteiger partial charge in [0.25, 0.3) is 5.91 Å². The highest BCUT2D eigenvalue weighted by Gasteiger charge is 2.27. The van der Waals surface area contributed by atoms with Gasteiger partial charge in [-0.25, -0.2) is 0 Å². The number of benzene rings is 1. The van der Waals surface area contributed by atoms with Crippen molar-refractivity contribution in [2.24, 2.45) is 0 Å². The monoisotopic (exact) mass is 387 g/mol. The Balaban J connectivity index is 2.23. The SMILES string of the molecule is CCCC1CCCCN1C(=O)c1cc(Br)ccc1Br. The van der Waals surface area contributed by atoms with Crippen molar-refractivity contribution in [1.29, 1.82) is 0 Å². The van der Waals surface area contributed by atoms with E-state index in [4.69, 9.17) is 0 Å². The second-order valence-electron chi connectivity index (χ2n) is 5.06. The van der Waals surface area contributed by atoms with Gasteiger partial charge >= 0.3 is 0 Å². The number of halogens is 2. The minimum atomic E-state index is 0.159. The molecule has 0 radical (unpaired) electrons. The summed E-state index contributed by atoms with van der Waals surface area (Å²) in [6.07, 6.45) is 5.75. The van der Waals surface area contributed by atoms with E-state index in [0.717, 1.165) is 46.7 Å². The molecule has 1 aromatic carbocycles. The summed E-state index contributed by atoms with van der Waals surface area (Å²) < 4.78 is 1.82. The third-order valence-corrected chi connectivity index (χ3v) is 4.85. The maximum absolute atomic E-state index is 12.7. The Morgan fingerprint density at radius 1 is 1.37 bits per heavy atom. The third kappa shape index (κ3) is 3.60. The molecule has 0 N–H and O–H groups in total. The Hall–Kier alpha value is -0.350. The van der Waals surface area contributed by atoms with Gasteiger partial charge in [0, 0.05) is 21.5 Å². The fourth-order valence-corrected chi connectivity index (χ4v) is 3.49. The van der Waals surface area contributed by atoms with Crippen molar-refractivity contribution in [2.75, 3.05) is 6.54 Å². The first-order chi connectivity index (χ1) is 9.13. The van der Waals surface area contributed by atoms with Crippen molar-refractivity contribution < 1.29 is 4.79 Å². The molecule has 0 saturated carbocycles. The summed E-state index contributed by atoms with van der Waals surface area (Å²) >= 11 is 6.93. The van der Waals surface area contributed by atoms with Gasteiger partial charge in [-0.3, -0.25) is 4.79 Å². The second kappa shape index (κ2) is 6.89. The van der Waals surface area contributed by atoms with Crippen LogP contribution in [0.5, 0.6) is 0 Å². The molecule has 0 aliphatic carbocycles. The van der Waals surface area contributed by atoms with Gasteiger partial charge in [-0.2, -0.15) is 0 Å². The lowest BCUT2D eigenvalue weighted by Crippen LogP contribution is -2.43. The summed E-state index contributed by atoms with van der Waals surface area (Å²) in [6.45, 7) is 3.08. The number of rotatable bonds is 3. The van der Waals surface area contributed by atoms with Gasteiger partial charge in [0.05, 0.1) is 5.56 Å². The fraction of sp³-hybridized carbons (Fsp3) is 0.533. The van der Waals surface area contributed by atoms with Crippen LogP contribution >= 0.6 is 31.9 Å². The van der Waals surface area contributed by atoms with Gasteiger partial charge in [-0.1, -0.05) is 29.3 Å². The van der Waals surface area contributed by atoms with Crippen LogP contribution in [0, 0.1) is 0 Å². The highest BCUT2D eigenvalue weighted by Crippen LogP contribution is 2.27. The summed E-state index contributed by atoms with van der Waals surface area (Å²) in [5.41, 5.74) is 0.761. The molecule has 1 fully saturated rings. The van der Waals surface area contributed by atoms with E-state index in [1.807, 2.05) is 18.2 Å². The standard InChI is InChI=1S/C15H19Br2NO/c1-2-5-12-6-3-4-9-18(12)15(19)13-10-11(16)7-8-14(13)17/h7-8,10,12H,2-6,9H2,1H3. The maximum Gasteiger partial charge on any atom is 0.255 e. The highest BCUT2D eigenvalue weighted by atomic mass is 79.9. The van der Waals surface area contributed by atoms with E-state index in [-0.39, 0.29) is 5.91 Å². The highest BCUT2D eigenvalue weighted by molar-refractivity contribution is 9.11. The van der Waals surface area contributed by atoms with Crippen molar-refractivity contribution in [1.82, 2.24) is 4.90 Å². The number of nitrogens with zero attached hydrogens (tertiary/aromatic N) is 1. The van der Waals surface area contributed by atoms with E-state index < -0.39 is 0 Å². The van der Waals surface area contributed by atoms with Crippen molar-refractivity contribution >= 4 is 37.8 Å². The first-order valence-corrected chi connectivity index (χ1v) is 8.48. The van der Waals surface area contributed by atoms with Crippen LogP contribution in [0.1, 0.15) is 49.4 Å². The molecule has 0 aromatic heterocycles. The molecule has 1 unspecified atom stereocenters. The van der Waals surface area contributed by atoms with Crippen LogP contribution < -0.4 is 0 Å². The number of carbonyl (C=O) groups excluding carboxylic acids is 1. The molecule has 1 atom stereocenters. The predicted octanol–water partition coefficient (Wildman–Crippen LogP) is 5.01. The van der Waals surface area contributed by atoms with Crippen molar-refractivity contribution in [3.8, 4) is 0 Å². The van der Waals surface area contributed by atoms with E-state index >= 15 is 0 Å². The molecule has 1 saturated heterocycles. The summed E-state index contributed by atoms with van der Waals surface area (Å²) in [7, 11) is 0. The van der Waals surface area contributed by atoms with Crippen LogP contribution in [-0.4, -0.2) is 23.4 Å². The normalized spacial score (nSPS) is 19.5. The lowest BCUT2D eigenvalue weighted by Gasteiger charge is -2.36. The van der Waals surface area contributed by atoms with Gasteiger partial charge in [0.2, 0.25) is 0 Å². The smallest absolute Gasteiger partial charge is 0.255 e. The molecular formula is C15H19Br2NO. The van der Waals surface area contributed by atoms with Crippen molar-refractivity contribution in [3.63, 3.8) is 0 Å². The molecule has 1 amide bonds. The van der Waals surface area contributed by atoms with Gasteiger partial charge in [0.15, 0.2) is 0 Å². The fourth-order valence-electron chi connectivity index (χ4n) is 2.72. The first-order valence-electron chi connectivity index (χ1n) is 6.89. The van der Waals surface area contributed by atoms with Gasteiger partial charge in [-0.15, -0.1) is 0 Å². The first kappa shape index (κ1) is 15.0. The van der Waals surface area contributed by atoms with Crippen LogP contribution in [0.15, 0.2) is 27.1 Å². The molecule has 1 aliphatic heterocycles. The number of hydrogen-bond acceptors (Lipinski definition) is 1. The summed E-state index contributed by atoms with van der Waals surface area (Å²) in [5.74, 6) is 0.159. The van der Waals surface area contributed by atoms with Crippen LogP contribution in [0.3, 0.4) is 0 Å². The Morgan fingerprint density at radius 3 is 2.89 bits per heavy atom. The number of piperidine rings is 1. The maximum atomic E-state index is 12.7. The Labute approximate surface area is 131 Å². The van der Waals surface area contributed by atoms with Crippen LogP contribution in [0.2, 0.25) is 0 Å². The number of carbonyl (C=O) groups is 1. The second-order valence-corrected chi connectivity index (χ2v) is 6.83. The molecular weight excluding hydrogens is 370 g/mol. The average Bonchev–Trinajstić information content (AvgIpc) is 2.42. The largest absolute Gasteiger partial charge is 0.336 e. The summed E-state index contributed by atoms with van der Waals surface area (Å²) in [5, 5.41) is 0. The summed E-state index contributed by atoms with van der Waals surface area (Å²) in [6, 6.07) is 6.19. The Bertz CT molecular complexity index is 459. The molecule has 2 rings (SSSR count). The van der Waals surface area contributed by atoms with Crippen LogP contribution in [0.25, 0.3) is 0 Å². The topological polar surface area (TPSA) is 20.3 Å². The molecule has 0 spiro atoms. The predicted molar refractivity (Wildman–Crippen MR) is 85.4 cm³/mol. The molecule has 19 heavy (non-hydrogen) atoms. The third-order valence-electron chi connectivity index (χ3n) is 3.67. The zero-order valence-corrected chi connectivity index (χ0v) is 14.3. The molecule has 1 aliphatic rings. The van der Waals surface area contributed by atoms with E-state index in [9.17, 15) is 4.79 Å². The molecule has 0 bridgehead atoms. The van der Waals surface area contributed by atoms with Crippen LogP contribution in [-0.2, 0) is 0 Å². The molecule has 1 heterocycles. The molecule has 1 aromatic rings.